The lowest BCUT2D eigenvalue weighted by atomic mass is 10.2. The SMILES string of the molecule is CCCC1CC1NC(=O)NCC(O)C(=O)O. The number of aliphatic hydroxyl groups excluding tert-OH is 1. The molecule has 3 atom stereocenters. The van der Waals surface area contributed by atoms with Crippen LogP contribution in [0.5, 0.6) is 0 Å². The van der Waals surface area contributed by atoms with Crippen LogP contribution in [0.2, 0.25) is 0 Å². The lowest BCUT2D eigenvalue weighted by molar-refractivity contribution is -0.146. The zero-order valence-corrected chi connectivity index (χ0v) is 9.27. The van der Waals surface area contributed by atoms with Gasteiger partial charge in [-0.2, -0.15) is 0 Å². The van der Waals surface area contributed by atoms with E-state index in [9.17, 15) is 9.59 Å². The molecular formula is C10H18N2O4. The van der Waals surface area contributed by atoms with Crippen molar-refractivity contribution in [1.29, 1.82) is 0 Å². The lowest BCUT2D eigenvalue weighted by Crippen LogP contribution is -2.43. The summed E-state index contributed by atoms with van der Waals surface area (Å²) in [4.78, 5) is 21.5. The number of aliphatic hydroxyl groups is 1. The van der Waals surface area contributed by atoms with Gasteiger partial charge in [-0.15, -0.1) is 0 Å². The van der Waals surface area contributed by atoms with Crippen molar-refractivity contribution in [2.24, 2.45) is 5.92 Å². The average molecular weight is 230 g/mol. The fraction of sp³-hybridized carbons (Fsp3) is 0.800. The van der Waals surface area contributed by atoms with E-state index in [0.717, 1.165) is 19.3 Å². The third-order valence-electron chi connectivity index (χ3n) is 2.64. The highest BCUT2D eigenvalue weighted by molar-refractivity contribution is 5.77. The number of urea groups is 1. The summed E-state index contributed by atoms with van der Waals surface area (Å²) in [6, 6.07) is -0.203. The molecule has 0 spiro atoms. The monoisotopic (exact) mass is 230 g/mol. The number of rotatable bonds is 6. The van der Waals surface area contributed by atoms with Crippen molar-refractivity contribution in [1.82, 2.24) is 10.6 Å². The molecule has 2 amide bonds. The molecule has 0 radical (unpaired) electrons. The number of amides is 2. The van der Waals surface area contributed by atoms with E-state index in [0.29, 0.717) is 5.92 Å². The van der Waals surface area contributed by atoms with Crippen LogP contribution in [0.25, 0.3) is 0 Å². The predicted octanol–water partition coefficient (Wildman–Crippen LogP) is -0.0803. The van der Waals surface area contributed by atoms with E-state index in [4.69, 9.17) is 10.2 Å². The van der Waals surface area contributed by atoms with Crippen molar-refractivity contribution in [2.75, 3.05) is 6.54 Å². The Morgan fingerprint density at radius 1 is 1.50 bits per heavy atom. The van der Waals surface area contributed by atoms with E-state index < -0.39 is 18.1 Å². The molecule has 3 unspecified atom stereocenters. The molecule has 0 aromatic carbocycles. The Labute approximate surface area is 94.0 Å². The second kappa shape index (κ2) is 5.69. The topological polar surface area (TPSA) is 98.7 Å². The molecule has 0 aliphatic heterocycles. The summed E-state index contributed by atoms with van der Waals surface area (Å²) in [6.07, 6.45) is 1.64. The first-order valence-electron chi connectivity index (χ1n) is 5.49. The Hall–Kier alpha value is -1.30. The molecular weight excluding hydrogens is 212 g/mol. The Kier molecular flexibility index (Phi) is 4.54. The maximum atomic E-state index is 11.2. The zero-order valence-electron chi connectivity index (χ0n) is 9.27. The van der Waals surface area contributed by atoms with Crippen molar-refractivity contribution < 1.29 is 19.8 Å². The van der Waals surface area contributed by atoms with Gasteiger partial charge in [0, 0.05) is 6.04 Å². The number of hydrogen-bond acceptors (Lipinski definition) is 3. The van der Waals surface area contributed by atoms with E-state index in [-0.39, 0.29) is 12.6 Å². The summed E-state index contributed by atoms with van der Waals surface area (Å²) >= 11 is 0. The molecule has 0 heterocycles. The van der Waals surface area contributed by atoms with Gasteiger partial charge in [0.05, 0.1) is 6.54 Å². The minimum Gasteiger partial charge on any atom is -0.479 e. The summed E-state index contributed by atoms with van der Waals surface area (Å²) in [5, 5.41) is 22.3. The molecule has 1 aliphatic rings. The number of carbonyl (C=O) groups excluding carboxylic acids is 1. The summed E-state index contributed by atoms with van der Waals surface area (Å²) in [5.41, 5.74) is 0. The molecule has 1 saturated carbocycles. The maximum absolute atomic E-state index is 11.2. The smallest absolute Gasteiger partial charge is 0.334 e. The minimum atomic E-state index is -1.55. The molecule has 1 fully saturated rings. The van der Waals surface area contributed by atoms with E-state index >= 15 is 0 Å². The standard InChI is InChI=1S/C10H18N2O4/c1-2-3-6-4-7(6)12-10(16)11-5-8(13)9(14)15/h6-8,13H,2-5H2,1H3,(H,14,15)(H2,11,12,16). The molecule has 0 aromatic heterocycles. The molecule has 92 valence electrons. The molecule has 6 heteroatoms. The van der Waals surface area contributed by atoms with E-state index in [2.05, 4.69) is 17.6 Å². The predicted molar refractivity (Wildman–Crippen MR) is 57.0 cm³/mol. The van der Waals surface area contributed by atoms with Gasteiger partial charge in [0.1, 0.15) is 0 Å². The first-order valence-corrected chi connectivity index (χ1v) is 5.49. The normalized spacial score (nSPS) is 24.6. The number of carbonyl (C=O) groups is 2. The van der Waals surface area contributed by atoms with Crippen molar-refractivity contribution in [3.63, 3.8) is 0 Å². The van der Waals surface area contributed by atoms with Gasteiger partial charge in [0.15, 0.2) is 6.10 Å². The Morgan fingerprint density at radius 2 is 2.19 bits per heavy atom. The number of carboxylic acid groups (broad SMARTS) is 1. The quantitative estimate of drug-likeness (QED) is 0.513. The van der Waals surface area contributed by atoms with Crippen LogP contribution in [0.1, 0.15) is 26.2 Å². The number of nitrogens with one attached hydrogen (secondary N) is 2. The van der Waals surface area contributed by atoms with Gasteiger partial charge in [0.2, 0.25) is 0 Å². The molecule has 0 aromatic rings. The number of hydrogen-bond donors (Lipinski definition) is 4. The summed E-state index contributed by atoms with van der Waals surface area (Å²) in [6.45, 7) is 1.82. The van der Waals surface area contributed by atoms with Gasteiger partial charge in [-0.25, -0.2) is 9.59 Å². The van der Waals surface area contributed by atoms with Gasteiger partial charge in [-0.3, -0.25) is 0 Å². The molecule has 4 N–H and O–H groups in total. The molecule has 6 nitrogen and oxygen atoms in total. The fourth-order valence-corrected chi connectivity index (χ4v) is 1.61. The molecule has 1 aliphatic carbocycles. The van der Waals surface area contributed by atoms with Gasteiger partial charge < -0.3 is 20.8 Å². The van der Waals surface area contributed by atoms with Gasteiger partial charge in [0.25, 0.3) is 0 Å². The largest absolute Gasteiger partial charge is 0.479 e. The van der Waals surface area contributed by atoms with Crippen molar-refractivity contribution in [2.45, 2.75) is 38.3 Å². The summed E-state index contributed by atoms with van der Waals surface area (Å²) < 4.78 is 0. The van der Waals surface area contributed by atoms with E-state index in [1.807, 2.05) is 0 Å². The van der Waals surface area contributed by atoms with Gasteiger partial charge in [-0.05, 0) is 18.8 Å². The zero-order chi connectivity index (χ0) is 12.1. The Morgan fingerprint density at radius 3 is 2.75 bits per heavy atom. The van der Waals surface area contributed by atoms with Crippen LogP contribution in [-0.2, 0) is 4.79 Å². The third kappa shape index (κ3) is 4.06. The third-order valence-corrected chi connectivity index (χ3v) is 2.64. The molecule has 0 bridgehead atoms. The van der Waals surface area contributed by atoms with Crippen molar-refractivity contribution in [3.8, 4) is 0 Å². The average Bonchev–Trinajstić information content (AvgIpc) is 2.93. The molecule has 1 rings (SSSR count). The Bertz CT molecular complexity index is 270. The van der Waals surface area contributed by atoms with Crippen LogP contribution in [0, 0.1) is 5.92 Å². The van der Waals surface area contributed by atoms with Crippen LogP contribution < -0.4 is 10.6 Å². The highest BCUT2D eigenvalue weighted by atomic mass is 16.4. The summed E-state index contributed by atoms with van der Waals surface area (Å²) in [5.74, 6) is -0.782. The first-order chi connectivity index (χ1) is 7.54. The summed E-state index contributed by atoms with van der Waals surface area (Å²) in [7, 11) is 0. The van der Waals surface area contributed by atoms with E-state index in [1.54, 1.807) is 0 Å². The van der Waals surface area contributed by atoms with Crippen LogP contribution in [0.3, 0.4) is 0 Å². The van der Waals surface area contributed by atoms with Crippen LogP contribution >= 0.6 is 0 Å². The Balaban J connectivity index is 2.11. The van der Waals surface area contributed by atoms with Crippen molar-refractivity contribution in [3.05, 3.63) is 0 Å². The van der Waals surface area contributed by atoms with Gasteiger partial charge >= 0.3 is 12.0 Å². The maximum Gasteiger partial charge on any atom is 0.334 e. The fourth-order valence-electron chi connectivity index (χ4n) is 1.61. The number of carboxylic acids is 1. The highest BCUT2D eigenvalue weighted by Crippen LogP contribution is 2.34. The highest BCUT2D eigenvalue weighted by Gasteiger charge is 2.37. The molecule has 16 heavy (non-hydrogen) atoms. The minimum absolute atomic E-state index is 0.210. The van der Waals surface area contributed by atoms with Crippen molar-refractivity contribution >= 4 is 12.0 Å². The number of aliphatic carboxylic acids is 1. The van der Waals surface area contributed by atoms with E-state index in [1.165, 1.54) is 0 Å². The van der Waals surface area contributed by atoms with Crippen LogP contribution in [0.4, 0.5) is 4.79 Å². The second-order valence-electron chi connectivity index (χ2n) is 4.10. The first kappa shape index (κ1) is 12.8. The van der Waals surface area contributed by atoms with Crippen LogP contribution in [0.15, 0.2) is 0 Å². The van der Waals surface area contributed by atoms with Gasteiger partial charge in [-0.1, -0.05) is 13.3 Å². The molecule has 0 saturated heterocycles. The van der Waals surface area contributed by atoms with Crippen LogP contribution in [-0.4, -0.2) is 40.9 Å². The lowest BCUT2D eigenvalue weighted by Gasteiger charge is -2.09. The second-order valence-corrected chi connectivity index (χ2v) is 4.10.